The van der Waals surface area contributed by atoms with Crippen LogP contribution in [0.15, 0.2) is 11.0 Å². The molecule has 0 spiro atoms. The summed E-state index contributed by atoms with van der Waals surface area (Å²) in [6.45, 7) is 2.13. The lowest BCUT2D eigenvalue weighted by molar-refractivity contribution is 0.685. The molecule has 7 nitrogen and oxygen atoms in total. The number of rotatable bonds is 3. The molecule has 0 aliphatic heterocycles. The summed E-state index contributed by atoms with van der Waals surface area (Å²) in [5.74, 6) is 5.86. The minimum Gasteiger partial charge on any atom is -0.298 e. The number of anilines is 1. The highest BCUT2D eigenvalue weighted by molar-refractivity contribution is 14.1. The van der Waals surface area contributed by atoms with E-state index in [0.717, 1.165) is 0 Å². The van der Waals surface area contributed by atoms with E-state index in [1.165, 1.54) is 11.3 Å². The van der Waals surface area contributed by atoms with E-state index in [2.05, 4.69) is 20.6 Å². The fraction of sp³-hybridized carbons (Fsp3) is 0.250. The van der Waals surface area contributed by atoms with Crippen molar-refractivity contribution in [3.63, 3.8) is 0 Å². The van der Waals surface area contributed by atoms with Crippen molar-refractivity contribution in [2.75, 3.05) is 5.43 Å². The van der Waals surface area contributed by atoms with Crippen molar-refractivity contribution >= 4 is 39.1 Å². The van der Waals surface area contributed by atoms with Crippen molar-refractivity contribution in [1.29, 1.82) is 0 Å². The molecule has 0 aliphatic carbocycles. The molecular weight excluding hydrogens is 355 g/mol. The number of aryl methyl sites for hydroxylation is 1. The Balaban J connectivity index is 2.36. The Kier molecular flexibility index (Phi) is 3.69. The molecule has 3 N–H and O–H groups in total. The van der Waals surface area contributed by atoms with E-state index in [-0.39, 0.29) is 5.56 Å². The maximum absolute atomic E-state index is 11.9. The standard InChI is InChI=1S/C8H9IN6OS/c1-4-11-2-5(9)7(16)15(4)3-6-13-14-8(12-10)17-6/h2H,3,10H2,1H3,(H,12,14). The first-order valence-electron chi connectivity index (χ1n) is 4.62. The molecule has 0 saturated carbocycles. The monoisotopic (exact) mass is 364 g/mol. The second-order valence-electron chi connectivity index (χ2n) is 3.19. The quantitative estimate of drug-likeness (QED) is 0.463. The first kappa shape index (κ1) is 12.4. The molecule has 0 amide bonds. The number of halogens is 1. The summed E-state index contributed by atoms with van der Waals surface area (Å²) in [6, 6.07) is 0. The number of hydrazine groups is 1. The summed E-state index contributed by atoms with van der Waals surface area (Å²) in [4.78, 5) is 16.0. The van der Waals surface area contributed by atoms with E-state index in [1.54, 1.807) is 17.7 Å². The predicted octanol–water partition coefficient (Wildman–Crippen LogP) is 0.342. The maximum Gasteiger partial charge on any atom is 0.267 e. The molecule has 0 saturated heterocycles. The molecule has 0 unspecified atom stereocenters. The van der Waals surface area contributed by atoms with Crippen molar-refractivity contribution in [3.8, 4) is 0 Å². The molecule has 2 rings (SSSR count). The lowest BCUT2D eigenvalue weighted by Gasteiger charge is -2.06. The summed E-state index contributed by atoms with van der Waals surface area (Å²) in [7, 11) is 0. The Labute approximate surface area is 114 Å². The molecule has 17 heavy (non-hydrogen) atoms. The van der Waals surface area contributed by atoms with Crippen molar-refractivity contribution in [2.24, 2.45) is 5.84 Å². The van der Waals surface area contributed by atoms with Gasteiger partial charge in [0.2, 0.25) is 5.13 Å². The first-order valence-corrected chi connectivity index (χ1v) is 6.52. The molecular formula is C8H9IN6OS. The molecule has 90 valence electrons. The van der Waals surface area contributed by atoms with Gasteiger partial charge in [-0.1, -0.05) is 11.3 Å². The van der Waals surface area contributed by atoms with E-state index < -0.39 is 0 Å². The van der Waals surface area contributed by atoms with Crippen molar-refractivity contribution < 1.29 is 0 Å². The summed E-state index contributed by atoms with van der Waals surface area (Å²) >= 11 is 3.26. The summed E-state index contributed by atoms with van der Waals surface area (Å²) in [6.07, 6.45) is 1.56. The zero-order chi connectivity index (χ0) is 12.4. The Bertz CT molecular complexity index is 594. The van der Waals surface area contributed by atoms with Gasteiger partial charge in [-0.2, -0.15) is 0 Å². The topological polar surface area (TPSA) is 98.7 Å². The van der Waals surface area contributed by atoms with E-state index in [9.17, 15) is 4.79 Å². The molecule has 0 atom stereocenters. The van der Waals surface area contributed by atoms with Gasteiger partial charge in [-0.3, -0.25) is 14.8 Å². The zero-order valence-corrected chi connectivity index (χ0v) is 11.8. The van der Waals surface area contributed by atoms with Gasteiger partial charge in [0.25, 0.3) is 5.56 Å². The lowest BCUT2D eigenvalue weighted by atomic mass is 10.5. The van der Waals surface area contributed by atoms with Gasteiger partial charge in [0.05, 0.1) is 10.1 Å². The number of nitrogen functional groups attached to an aromatic ring is 1. The average molecular weight is 364 g/mol. The predicted molar refractivity (Wildman–Crippen MR) is 72.8 cm³/mol. The third kappa shape index (κ3) is 2.61. The number of aromatic nitrogens is 4. The van der Waals surface area contributed by atoms with E-state index in [1.807, 2.05) is 22.6 Å². The van der Waals surface area contributed by atoms with Crippen LogP contribution in [0.5, 0.6) is 0 Å². The third-order valence-corrected chi connectivity index (χ3v) is 3.67. The van der Waals surface area contributed by atoms with Gasteiger partial charge < -0.3 is 0 Å². The van der Waals surface area contributed by atoms with E-state index >= 15 is 0 Å². The number of hydrogen-bond acceptors (Lipinski definition) is 7. The van der Waals surface area contributed by atoms with Gasteiger partial charge >= 0.3 is 0 Å². The van der Waals surface area contributed by atoms with Gasteiger partial charge in [-0.05, 0) is 29.5 Å². The number of nitrogens with zero attached hydrogens (tertiary/aromatic N) is 4. The number of nitrogens with one attached hydrogen (secondary N) is 1. The summed E-state index contributed by atoms with van der Waals surface area (Å²) in [5, 5.41) is 8.96. The van der Waals surface area contributed by atoms with Crippen LogP contribution in [0.2, 0.25) is 0 Å². The molecule has 2 aromatic rings. The highest BCUT2D eigenvalue weighted by atomic mass is 127. The SMILES string of the molecule is Cc1ncc(I)c(=O)n1Cc1nnc(NN)s1. The zero-order valence-electron chi connectivity index (χ0n) is 8.85. The fourth-order valence-electron chi connectivity index (χ4n) is 1.25. The lowest BCUT2D eigenvalue weighted by Crippen LogP contribution is -2.26. The Morgan fingerprint density at radius 1 is 1.59 bits per heavy atom. The molecule has 0 aliphatic rings. The molecule has 2 heterocycles. The van der Waals surface area contributed by atoms with Crippen molar-refractivity contribution in [2.45, 2.75) is 13.5 Å². The highest BCUT2D eigenvalue weighted by Gasteiger charge is 2.09. The number of nitrogens with two attached hydrogens (primary N) is 1. The largest absolute Gasteiger partial charge is 0.298 e. The summed E-state index contributed by atoms with van der Waals surface area (Å²) < 4.78 is 2.14. The van der Waals surface area contributed by atoms with Crippen LogP contribution in [0.25, 0.3) is 0 Å². The van der Waals surface area contributed by atoms with Crippen LogP contribution in [0, 0.1) is 10.5 Å². The molecule has 2 aromatic heterocycles. The van der Waals surface area contributed by atoms with Crippen LogP contribution in [-0.4, -0.2) is 19.7 Å². The van der Waals surface area contributed by atoms with Gasteiger partial charge in [0, 0.05) is 6.20 Å². The summed E-state index contributed by atoms with van der Waals surface area (Å²) in [5.41, 5.74) is 2.34. The molecule has 0 bridgehead atoms. The second kappa shape index (κ2) is 5.06. The Morgan fingerprint density at radius 3 is 3.00 bits per heavy atom. The molecule has 0 fully saturated rings. The highest BCUT2D eigenvalue weighted by Crippen LogP contribution is 2.14. The van der Waals surface area contributed by atoms with Crippen LogP contribution < -0.4 is 16.8 Å². The maximum atomic E-state index is 11.9. The third-order valence-electron chi connectivity index (χ3n) is 2.09. The van der Waals surface area contributed by atoms with Crippen molar-refractivity contribution in [1.82, 2.24) is 19.7 Å². The van der Waals surface area contributed by atoms with Gasteiger partial charge in [-0.25, -0.2) is 10.8 Å². The second-order valence-corrected chi connectivity index (χ2v) is 5.41. The minimum atomic E-state index is -0.0736. The fourth-order valence-corrected chi connectivity index (χ4v) is 2.32. The van der Waals surface area contributed by atoms with Crippen LogP contribution in [-0.2, 0) is 6.54 Å². The normalized spacial score (nSPS) is 10.5. The van der Waals surface area contributed by atoms with E-state index in [4.69, 9.17) is 5.84 Å². The molecule has 9 heteroatoms. The van der Waals surface area contributed by atoms with Crippen molar-refractivity contribution in [3.05, 3.63) is 31.0 Å². The van der Waals surface area contributed by atoms with Gasteiger partial charge in [0.15, 0.2) is 0 Å². The average Bonchev–Trinajstić information content (AvgIpc) is 2.77. The smallest absolute Gasteiger partial charge is 0.267 e. The van der Waals surface area contributed by atoms with Crippen LogP contribution in [0.4, 0.5) is 5.13 Å². The van der Waals surface area contributed by atoms with Crippen LogP contribution in [0.1, 0.15) is 10.8 Å². The van der Waals surface area contributed by atoms with Gasteiger partial charge in [0.1, 0.15) is 10.8 Å². The van der Waals surface area contributed by atoms with Crippen LogP contribution in [0.3, 0.4) is 0 Å². The Hall–Kier alpha value is -1.07. The van der Waals surface area contributed by atoms with Gasteiger partial charge in [-0.15, -0.1) is 10.2 Å². The van der Waals surface area contributed by atoms with E-state index in [0.29, 0.717) is 26.1 Å². The minimum absolute atomic E-state index is 0.0736. The van der Waals surface area contributed by atoms with Crippen LogP contribution >= 0.6 is 33.9 Å². The number of hydrogen-bond donors (Lipinski definition) is 2. The first-order chi connectivity index (χ1) is 8.11. The molecule has 0 aromatic carbocycles. The molecule has 0 radical (unpaired) electrons. The Morgan fingerprint density at radius 2 is 2.35 bits per heavy atom.